The molecule has 3 rings (SSSR count). The molecule has 96 valence electrons. The highest BCUT2D eigenvalue weighted by Crippen LogP contribution is 2.29. The number of aromatic nitrogens is 2. The lowest BCUT2D eigenvalue weighted by Crippen LogP contribution is -1.99. The first-order valence-electron chi connectivity index (χ1n) is 6.19. The molecule has 0 atom stereocenters. The van der Waals surface area contributed by atoms with Crippen molar-refractivity contribution in [2.45, 2.75) is 0 Å². The van der Waals surface area contributed by atoms with Crippen molar-refractivity contribution in [1.82, 2.24) is 9.97 Å². The van der Waals surface area contributed by atoms with Gasteiger partial charge < -0.3 is 10.7 Å². The predicted molar refractivity (Wildman–Crippen MR) is 78.6 cm³/mol. The molecule has 0 bridgehead atoms. The average molecular weight is 260 g/mol. The number of anilines is 1. The van der Waals surface area contributed by atoms with Crippen LogP contribution in [-0.2, 0) is 0 Å². The third-order valence-corrected chi connectivity index (χ3v) is 3.12. The lowest BCUT2D eigenvalue weighted by atomic mass is 10.0. The van der Waals surface area contributed by atoms with Crippen molar-refractivity contribution < 1.29 is 0 Å². The molecule has 0 aliphatic rings. The Morgan fingerprint density at radius 2 is 1.90 bits per heavy atom. The molecule has 0 unspecified atom stereocenters. The summed E-state index contributed by atoms with van der Waals surface area (Å²) in [5.41, 5.74) is 9.67. The SMILES string of the molecule is N#Cc1c(-c2ccc[nH]2)cc(-c2ccccc2)nc1N. The van der Waals surface area contributed by atoms with Crippen LogP contribution in [0.1, 0.15) is 5.56 Å². The molecule has 0 aliphatic carbocycles. The molecule has 0 aliphatic heterocycles. The van der Waals surface area contributed by atoms with Gasteiger partial charge in [-0.3, -0.25) is 0 Å². The van der Waals surface area contributed by atoms with Gasteiger partial charge >= 0.3 is 0 Å². The van der Waals surface area contributed by atoms with E-state index in [1.165, 1.54) is 0 Å². The van der Waals surface area contributed by atoms with Gasteiger partial charge in [-0.25, -0.2) is 4.98 Å². The minimum atomic E-state index is 0.249. The quantitative estimate of drug-likeness (QED) is 0.742. The highest BCUT2D eigenvalue weighted by molar-refractivity contribution is 5.78. The number of hydrogen-bond acceptors (Lipinski definition) is 3. The Kier molecular flexibility index (Phi) is 2.94. The van der Waals surface area contributed by atoms with Crippen LogP contribution in [0.4, 0.5) is 5.82 Å². The highest BCUT2D eigenvalue weighted by atomic mass is 14.9. The number of aromatic amines is 1. The molecule has 0 radical (unpaired) electrons. The second kappa shape index (κ2) is 4.90. The molecule has 4 nitrogen and oxygen atoms in total. The monoisotopic (exact) mass is 260 g/mol. The number of nitrogens with two attached hydrogens (primary N) is 1. The number of nitrogen functional groups attached to an aromatic ring is 1. The van der Waals surface area contributed by atoms with E-state index in [1.807, 2.05) is 54.7 Å². The predicted octanol–water partition coefficient (Wildman–Crippen LogP) is 3.20. The summed E-state index contributed by atoms with van der Waals surface area (Å²) in [6, 6.07) is 17.6. The Hall–Kier alpha value is -3.06. The molecule has 3 N–H and O–H groups in total. The van der Waals surface area contributed by atoms with Crippen LogP contribution in [0.5, 0.6) is 0 Å². The van der Waals surface area contributed by atoms with E-state index in [-0.39, 0.29) is 5.82 Å². The number of nitriles is 1. The van der Waals surface area contributed by atoms with Crippen molar-refractivity contribution in [2.75, 3.05) is 5.73 Å². The minimum absolute atomic E-state index is 0.249. The molecule has 4 heteroatoms. The highest BCUT2D eigenvalue weighted by Gasteiger charge is 2.13. The molecular weight excluding hydrogens is 248 g/mol. The zero-order valence-electron chi connectivity index (χ0n) is 10.7. The van der Waals surface area contributed by atoms with Crippen LogP contribution < -0.4 is 5.73 Å². The summed E-state index contributed by atoms with van der Waals surface area (Å²) in [5.74, 6) is 0.249. The lowest BCUT2D eigenvalue weighted by molar-refractivity contribution is 1.29. The number of nitrogens with one attached hydrogen (secondary N) is 1. The number of benzene rings is 1. The van der Waals surface area contributed by atoms with Gasteiger partial charge in [-0.05, 0) is 18.2 Å². The van der Waals surface area contributed by atoms with Gasteiger partial charge in [0, 0.05) is 23.0 Å². The standard InChI is InChI=1S/C16H12N4/c17-10-13-12(14-7-4-8-19-14)9-15(20-16(13)18)11-5-2-1-3-6-11/h1-9,19H,(H2,18,20). The molecule has 0 saturated heterocycles. The van der Waals surface area contributed by atoms with Crippen molar-refractivity contribution in [2.24, 2.45) is 0 Å². The molecule has 1 aromatic carbocycles. The first-order chi connectivity index (χ1) is 9.79. The molecule has 2 heterocycles. The number of hydrogen-bond donors (Lipinski definition) is 2. The average Bonchev–Trinajstić information content (AvgIpc) is 3.01. The first-order valence-corrected chi connectivity index (χ1v) is 6.19. The molecule has 2 aromatic heterocycles. The van der Waals surface area contributed by atoms with Crippen LogP contribution in [0.3, 0.4) is 0 Å². The van der Waals surface area contributed by atoms with E-state index in [0.717, 1.165) is 22.5 Å². The largest absolute Gasteiger partial charge is 0.383 e. The Bertz CT molecular complexity index is 768. The summed E-state index contributed by atoms with van der Waals surface area (Å²) in [7, 11) is 0. The summed E-state index contributed by atoms with van der Waals surface area (Å²) < 4.78 is 0. The van der Waals surface area contributed by atoms with Crippen LogP contribution in [0.2, 0.25) is 0 Å². The molecule has 3 aromatic rings. The second-order valence-corrected chi connectivity index (χ2v) is 4.38. The van der Waals surface area contributed by atoms with Crippen LogP contribution in [0, 0.1) is 11.3 Å². The fraction of sp³-hybridized carbons (Fsp3) is 0. The van der Waals surface area contributed by atoms with Gasteiger partial charge in [0.25, 0.3) is 0 Å². The van der Waals surface area contributed by atoms with Gasteiger partial charge in [-0.2, -0.15) is 5.26 Å². The smallest absolute Gasteiger partial charge is 0.142 e. The normalized spacial score (nSPS) is 10.2. The first kappa shape index (κ1) is 12.0. The zero-order chi connectivity index (χ0) is 13.9. The Labute approximate surface area is 116 Å². The van der Waals surface area contributed by atoms with Crippen LogP contribution in [-0.4, -0.2) is 9.97 Å². The topological polar surface area (TPSA) is 78.5 Å². The van der Waals surface area contributed by atoms with Crippen molar-refractivity contribution in [1.29, 1.82) is 5.26 Å². The third kappa shape index (κ3) is 2.02. The minimum Gasteiger partial charge on any atom is -0.383 e. The summed E-state index contributed by atoms with van der Waals surface area (Å²) >= 11 is 0. The maximum atomic E-state index is 9.28. The Balaban J connectivity index is 2.24. The molecule has 0 fully saturated rings. The lowest BCUT2D eigenvalue weighted by Gasteiger charge is -2.08. The van der Waals surface area contributed by atoms with Crippen molar-refractivity contribution >= 4 is 5.82 Å². The maximum Gasteiger partial charge on any atom is 0.142 e. The van der Waals surface area contributed by atoms with Gasteiger partial charge in [-0.1, -0.05) is 30.3 Å². The Morgan fingerprint density at radius 3 is 2.55 bits per heavy atom. The summed E-state index contributed by atoms with van der Waals surface area (Å²) in [5, 5.41) is 9.28. The number of nitrogens with zero attached hydrogens (tertiary/aromatic N) is 2. The van der Waals surface area contributed by atoms with E-state index < -0.39 is 0 Å². The van der Waals surface area contributed by atoms with E-state index in [1.54, 1.807) is 0 Å². The van der Waals surface area contributed by atoms with E-state index in [4.69, 9.17) is 5.73 Å². The number of rotatable bonds is 2. The van der Waals surface area contributed by atoms with Gasteiger partial charge in [0.05, 0.1) is 5.69 Å². The third-order valence-electron chi connectivity index (χ3n) is 3.12. The molecule has 0 amide bonds. The summed E-state index contributed by atoms with van der Waals surface area (Å²) in [6.45, 7) is 0. The molecular formula is C16H12N4. The zero-order valence-corrected chi connectivity index (χ0v) is 10.7. The van der Waals surface area contributed by atoms with E-state index in [0.29, 0.717) is 5.56 Å². The molecule has 0 saturated carbocycles. The van der Waals surface area contributed by atoms with E-state index >= 15 is 0 Å². The van der Waals surface area contributed by atoms with Crippen molar-refractivity contribution in [3.63, 3.8) is 0 Å². The summed E-state index contributed by atoms with van der Waals surface area (Å²) in [4.78, 5) is 7.43. The van der Waals surface area contributed by atoms with Gasteiger partial charge in [0.1, 0.15) is 17.5 Å². The molecule has 0 spiro atoms. The van der Waals surface area contributed by atoms with Gasteiger partial charge in [0.2, 0.25) is 0 Å². The summed E-state index contributed by atoms with van der Waals surface area (Å²) in [6.07, 6.45) is 1.81. The number of pyridine rings is 1. The maximum absolute atomic E-state index is 9.28. The Morgan fingerprint density at radius 1 is 1.10 bits per heavy atom. The van der Waals surface area contributed by atoms with E-state index in [2.05, 4.69) is 16.0 Å². The van der Waals surface area contributed by atoms with E-state index in [9.17, 15) is 5.26 Å². The van der Waals surface area contributed by atoms with Gasteiger partial charge in [-0.15, -0.1) is 0 Å². The second-order valence-electron chi connectivity index (χ2n) is 4.38. The van der Waals surface area contributed by atoms with Gasteiger partial charge in [0.15, 0.2) is 0 Å². The number of H-pyrrole nitrogens is 1. The van der Waals surface area contributed by atoms with Crippen LogP contribution >= 0.6 is 0 Å². The van der Waals surface area contributed by atoms with Crippen molar-refractivity contribution in [3.8, 4) is 28.6 Å². The van der Waals surface area contributed by atoms with Crippen molar-refractivity contribution in [3.05, 3.63) is 60.3 Å². The fourth-order valence-electron chi connectivity index (χ4n) is 2.15. The molecule has 20 heavy (non-hydrogen) atoms. The fourth-order valence-corrected chi connectivity index (χ4v) is 2.15. The van der Waals surface area contributed by atoms with Crippen LogP contribution in [0.25, 0.3) is 22.5 Å². The van der Waals surface area contributed by atoms with Crippen LogP contribution in [0.15, 0.2) is 54.7 Å².